The molecule has 1 aliphatic rings. The molecule has 4 rings (SSSR count). The normalized spacial score (nSPS) is 15.4. The van der Waals surface area contributed by atoms with Crippen molar-refractivity contribution >= 4 is 39.0 Å². The van der Waals surface area contributed by atoms with Crippen molar-refractivity contribution in [3.8, 4) is 6.07 Å². The number of hydrogen-bond acceptors (Lipinski definition) is 6. The lowest BCUT2D eigenvalue weighted by Crippen LogP contribution is -2.39. The Labute approximate surface area is 234 Å². The summed E-state index contributed by atoms with van der Waals surface area (Å²) in [6, 6.07) is 21.0. The Bertz CT molecular complexity index is 1600. The quantitative estimate of drug-likeness (QED) is 0.384. The number of hydrogen-bond donors (Lipinski definition) is 2. The van der Waals surface area contributed by atoms with Crippen LogP contribution >= 0.6 is 0 Å². The zero-order chi connectivity index (χ0) is 29.1. The fourth-order valence-corrected chi connectivity index (χ4v) is 6.02. The molecule has 1 unspecified atom stereocenters. The van der Waals surface area contributed by atoms with Crippen LogP contribution < -0.4 is 10.6 Å². The summed E-state index contributed by atoms with van der Waals surface area (Å²) in [5.74, 6) is -0.495. The molecule has 0 saturated carbocycles. The molecule has 40 heavy (non-hydrogen) atoms. The van der Waals surface area contributed by atoms with Crippen LogP contribution in [-0.4, -0.2) is 36.9 Å². The first-order valence-electron chi connectivity index (χ1n) is 12.6. The molecule has 10 heteroatoms. The number of carbonyl (C=O) groups is 2. The molecule has 3 aromatic carbocycles. The Hall–Kier alpha value is -4.46. The van der Waals surface area contributed by atoms with E-state index in [2.05, 4.69) is 23.3 Å². The van der Waals surface area contributed by atoms with Gasteiger partial charge < -0.3 is 10.1 Å². The van der Waals surface area contributed by atoms with Crippen molar-refractivity contribution < 1.29 is 22.7 Å². The molecule has 1 heterocycles. The van der Waals surface area contributed by atoms with Crippen molar-refractivity contribution in [1.29, 1.82) is 5.26 Å². The lowest BCUT2D eigenvalue weighted by Gasteiger charge is -2.36. The number of nitriles is 1. The second-order valence-electron chi connectivity index (χ2n) is 10.3. The van der Waals surface area contributed by atoms with Gasteiger partial charge in [-0.2, -0.15) is 9.57 Å². The van der Waals surface area contributed by atoms with Crippen molar-refractivity contribution in [1.82, 2.24) is 4.31 Å². The highest BCUT2D eigenvalue weighted by molar-refractivity contribution is 7.89. The summed E-state index contributed by atoms with van der Waals surface area (Å²) in [7, 11) is -4.02. The van der Waals surface area contributed by atoms with Gasteiger partial charge >= 0.3 is 6.09 Å². The number of benzene rings is 3. The largest absolute Gasteiger partial charge is 0.444 e. The van der Waals surface area contributed by atoms with Gasteiger partial charge in [-0.3, -0.25) is 10.1 Å². The monoisotopic (exact) mass is 558 g/mol. The van der Waals surface area contributed by atoms with Gasteiger partial charge in [0.25, 0.3) is 5.91 Å². The molecule has 206 valence electrons. The van der Waals surface area contributed by atoms with Gasteiger partial charge in [0.15, 0.2) is 0 Å². The average Bonchev–Trinajstić information content (AvgIpc) is 2.90. The van der Waals surface area contributed by atoms with Gasteiger partial charge in [0.2, 0.25) is 10.0 Å². The van der Waals surface area contributed by atoms with Crippen LogP contribution in [0.5, 0.6) is 0 Å². The van der Waals surface area contributed by atoms with Crippen molar-refractivity contribution in [2.45, 2.75) is 43.7 Å². The summed E-state index contributed by atoms with van der Waals surface area (Å²) in [6.07, 6.45) is -0.678. The van der Waals surface area contributed by atoms with Crippen LogP contribution in [0.15, 0.2) is 84.3 Å². The molecule has 0 bridgehead atoms. The standard InChI is InChI=1S/C30H30N4O5S/c1-20-19-34(27(17-18-31)24-10-6-5-9-23(20)24)40(37,38)22-15-13-21(14-16-22)28(35)32-25-11-7-8-12-26(25)33-29(36)39-30(2,3)4/h5-16,27H,1,17,19H2,2-4H3,(H,32,35)(H,33,36). The van der Waals surface area contributed by atoms with E-state index in [1.54, 1.807) is 51.1 Å². The first kappa shape index (κ1) is 28.5. The second-order valence-corrected chi connectivity index (χ2v) is 12.2. The van der Waals surface area contributed by atoms with Gasteiger partial charge in [-0.05, 0) is 73.9 Å². The number of anilines is 2. The Morgan fingerprint density at radius 2 is 1.60 bits per heavy atom. The fourth-order valence-electron chi connectivity index (χ4n) is 4.42. The Morgan fingerprint density at radius 1 is 1.00 bits per heavy atom. The number of para-hydroxylation sites is 2. The number of fused-ring (bicyclic) bond motifs is 1. The summed E-state index contributed by atoms with van der Waals surface area (Å²) in [5, 5.41) is 14.8. The zero-order valence-electron chi connectivity index (χ0n) is 22.5. The van der Waals surface area contributed by atoms with Crippen molar-refractivity contribution in [2.75, 3.05) is 17.2 Å². The number of sulfonamides is 1. The van der Waals surface area contributed by atoms with Crippen molar-refractivity contribution in [2.24, 2.45) is 0 Å². The fraction of sp³-hybridized carbons (Fsp3) is 0.233. The van der Waals surface area contributed by atoms with E-state index in [1.807, 2.05) is 18.2 Å². The number of amides is 2. The van der Waals surface area contributed by atoms with Crippen LogP contribution in [0.3, 0.4) is 0 Å². The van der Waals surface area contributed by atoms with E-state index < -0.39 is 33.7 Å². The van der Waals surface area contributed by atoms with Gasteiger partial charge in [0, 0.05) is 12.1 Å². The molecular formula is C30H30N4O5S. The first-order chi connectivity index (χ1) is 18.9. The summed E-state index contributed by atoms with van der Waals surface area (Å²) in [5.41, 5.74) is 2.44. The highest BCUT2D eigenvalue weighted by Gasteiger charge is 2.37. The van der Waals surface area contributed by atoms with Crippen LogP contribution in [0.2, 0.25) is 0 Å². The summed E-state index contributed by atoms with van der Waals surface area (Å²) >= 11 is 0. The molecule has 0 aliphatic carbocycles. The van der Waals surface area contributed by atoms with Crippen LogP contribution in [-0.2, 0) is 14.8 Å². The number of carbonyl (C=O) groups excluding carboxylic acids is 2. The highest BCUT2D eigenvalue weighted by atomic mass is 32.2. The van der Waals surface area contributed by atoms with Gasteiger partial charge in [-0.25, -0.2) is 13.2 Å². The minimum atomic E-state index is -4.02. The molecule has 3 aromatic rings. The van der Waals surface area contributed by atoms with Crippen LogP contribution in [0.25, 0.3) is 5.57 Å². The average molecular weight is 559 g/mol. The van der Waals surface area contributed by atoms with E-state index >= 15 is 0 Å². The van der Waals surface area contributed by atoms with E-state index in [4.69, 9.17) is 4.74 Å². The maximum atomic E-state index is 13.7. The Morgan fingerprint density at radius 3 is 2.23 bits per heavy atom. The van der Waals surface area contributed by atoms with E-state index in [9.17, 15) is 23.3 Å². The number of ether oxygens (including phenoxy) is 1. The van der Waals surface area contributed by atoms with Gasteiger partial charge in [-0.1, -0.05) is 43.0 Å². The minimum absolute atomic E-state index is 0.00818. The maximum absolute atomic E-state index is 13.7. The number of nitrogens with zero attached hydrogens (tertiary/aromatic N) is 2. The number of nitrogens with one attached hydrogen (secondary N) is 2. The molecule has 9 nitrogen and oxygen atoms in total. The molecule has 2 N–H and O–H groups in total. The lowest BCUT2D eigenvalue weighted by molar-refractivity contribution is 0.0635. The third kappa shape index (κ3) is 6.22. The van der Waals surface area contributed by atoms with Crippen molar-refractivity contribution in [3.05, 3.63) is 96.1 Å². The number of rotatable bonds is 6. The van der Waals surface area contributed by atoms with Crippen molar-refractivity contribution in [3.63, 3.8) is 0 Å². The maximum Gasteiger partial charge on any atom is 0.412 e. The van der Waals surface area contributed by atoms with E-state index in [1.165, 1.54) is 28.6 Å². The SMILES string of the molecule is C=C1CN(S(=O)(=O)c2ccc(C(=O)Nc3ccccc3NC(=O)OC(C)(C)C)cc2)C(CC#N)c2ccccc21. The minimum Gasteiger partial charge on any atom is -0.444 e. The summed E-state index contributed by atoms with van der Waals surface area (Å²) < 4.78 is 33.9. The second kappa shape index (κ2) is 11.3. The molecule has 0 radical (unpaired) electrons. The van der Waals surface area contributed by atoms with Crippen LogP contribution in [0.1, 0.15) is 54.7 Å². The predicted molar refractivity (Wildman–Crippen MR) is 153 cm³/mol. The molecule has 0 fully saturated rings. The molecule has 0 spiro atoms. The van der Waals surface area contributed by atoms with E-state index in [-0.39, 0.29) is 23.4 Å². The van der Waals surface area contributed by atoms with Gasteiger partial charge in [-0.15, -0.1) is 0 Å². The van der Waals surface area contributed by atoms with Gasteiger partial charge in [0.05, 0.1) is 34.8 Å². The predicted octanol–water partition coefficient (Wildman–Crippen LogP) is 5.96. The molecule has 0 aromatic heterocycles. The first-order valence-corrected chi connectivity index (χ1v) is 14.0. The van der Waals surface area contributed by atoms with E-state index in [0.717, 1.165) is 11.1 Å². The topological polar surface area (TPSA) is 129 Å². The van der Waals surface area contributed by atoms with Crippen LogP contribution in [0.4, 0.5) is 16.2 Å². The Balaban J connectivity index is 1.54. The third-order valence-corrected chi connectivity index (χ3v) is 8.08. The molecule has 1 atom stereocenters. The van der Waals surface area contributed by atoms with Crippen LogP contribution in [0, 0.1) is 11.3 Å². The summed E-state index contributed by atoms with van der Waals surface area (Å²) in [4.78, 5) is 25.2. The molecular weight excluding hydrogens is 528 g/mol. The zero-order valence-corrected chi connectivity index (χ0v) is 23.3. The molecule has 0 saturated heterocycles. The highest BCUT2D eigenvalue weighted by Crippen LogP contribution is 2.39. The smallest absolute Gasteiger partial charge is 0.412 e. The van der Waals surface area contributed by atoms with E-state index in [0.29, 0.717) is 16.9 Å². The Kier molecular flexibility index (Phi) is 8.09. The molecule has 2 amide bonds. The molecule has 1 aliphatic heterocycles. The third-order valence-electron chi connectivity index (χ3n) is 6.21. The summed E-state index contributed by atoms with van der Waals surface area (Å²) in [6.45, 7) is 9.33. The van der Waals surface area contributed by atoms with Gasteiger partial charge in [0.1, 0.15) is 5.60 Å². The lowest BCUT2D eigenvalue weighted by atomic mass is 9.90.